The molecular weight excluding hydrogens is 1660 g/mol. The number of nitrogens with one attached hydrogen (secondary N) is 3. The number of hydrogen-bond donors (Lipinski definition) is 6. The molecule has 25 aliphatic rings. The van der Waals surface area contributed by atoms with Gasteiger partial charge < -0.3 is 32.5 Å². The predicted octanol–water partition coefficient (Wildman–Crippen LogP) is 24.0. The van der Waals surface area contributed by atoms with Gasteiger partial charge in [0.05, 0.1) is 4.92 Å². The molecule has 25 fully saturated rings. The van der Waals surface area contributed by atoms with Gasteiger partial charge in [0.1, 0.15) is 40.5 Å². The Bertz CT molecular complexity index is 4770. The van der Waals surface area contributed by atoms with Gasteiger partial charge in [0.15, 0.2) is 0 Å². The summed E-state index contributed by atoms with van der Waals surface area (Å²) in [4.78, 5) is 78.8. The second-order valence-corrected chi connectivity index (χ2v) is 52.2. The van der Waals surface area contributed by atoms with Crippen LogP contribution < -0.4 is 27.4 Å². The normalized spacial score (nSPS) is 41.4. The standard InChI is InChI=1S/2C25H35NO.C23H30FNO.C23H30N2O3.C23H31NO2/c2*1-23-12-19-13-24(15-23,20-5-3-2-4-6-20)17-25(14-19,16-23)22(27)11-18-7-9-21(26)10-8-18;24-20-3-1-19(2-4-20)22-11-17-9-18(12-22)14-23(13-17,15-22)21(26)10-16-5-7-25-8-6-16;26-21(10-16-5-7-24-8-6-16)23-13-17-9-18(14-23)12-22(11-17,15-23)19-1-3-20(4-2-19)25(27)28;25-20-3-1-19(2-4-20)22-11-17-9-18(12-22)14-23(13-17,15-22)21(26)10-16-5-7-24-8-6-16/h2*2-6,18-19,21H,7-17,26H2,1H3;1-4,16-18,25H,5-15H2;1-4,16-18,24H,5-15H2;1-4,16-18,24-25H,5-15H2. The number of rotatable bonds is 21. The fourth-order valence-corrected chi connectivity index (χ4v) is 38.5. The second kappa shape index (κ2) is 36.8. The van der Waals surface area contributed by atoms with Crippen LogP contribution in [0.4, 0.5) is 10.1 Å². The Kier molecular flexibility index (Phi) is 25.7. The molecule has 14 atom stereocenters. The van der Waals surface area contributed by atoms with Crippen LogP contribution in [0, 0.1) is 131 Å². The first-order valence-corrected chi connectivity index (χ1v) is 54.6. The first-order chi connectivity index (χ1) is 64.4. The van der Waals surface area contributed by atoms with Crippen LogP contribution in [0.3, 0.4) is 0 Å². The van der Waals surface area contributed by atoms with Crippen LogP contribution in [0.5, 0.6) is 5.75 Å². The van der Waals surface area contributed by atoms with Gasteiger partial charge in [-0.3, -0.25) is 34.1 Å². The van der Waals surface area contributed by atoms with Crippen LogP contribution in [0.1, 0.15) is 356 Å². The van der Waals surface area contributed by atoms with Crippen molar-refractivity contribution in [3.63, 3.8) is 0 Å². The summed E-state index contributed by atoms with van der Waals surface area (Å²) in [5.41, 5.74) is 20.5. The monoisotopic (exact) mass is 1820 g/mol. The topological polar surface area (TPSA) is 237 Å². The number of phenolic OH excluding ortho intramolecular Hbond substituents is 1. The summed E-state index contributed by atoms with van der Waals surface area (Å²) in [7, 11) is 0. The summed E-state index contributed by atoms with van der Waals surface area (Å²) >= 11 is 0. The number of nitro groups is 1. The molecule has 3 aliphatic heterocycles. The quantitative estimate of drug-likeness (QED) is 0.0297. The van der Waals surface area contributed by atoms with Crippen molar-refractivity contribution in [2.24, 2.45) is 126 Å². The molecule has 5 aromatic carbocycles. The zero-order chi connectivity index (χ0) is 92.3. The molecule has 15 heteroatoms. The van der Waals surface area contributed by atoms with Gasteiger partial charge >= 0.3 is 0 Å². The van der Waals surface area contributed by atoms with Gasteiger partial charge in [-0.1, -0.05) is 111 Å². The van der Waals surface area contributed by atoms with Crippen molar-refractivity contribution in [3.8, 4) is 5.75 Å². The number of aromatic hydroxyl groups is 1. The number of nitrogens with two attached hydrogens (primary N) is 2. The Hall–Kier alpha value is -6.62. The number of hydrogen-bond acceptors (Lipinski definition) is 13. The number of nitrogens with zero attached hydrogens (tertiary/aromatic N) is 1. The fourth-order valence-electron chi connectivity index (χ4n) is 38.5. The first-order valence-electron chi connectivity index (χ1n) is 54.6. The van der Waals surface area contributed by atoms with Crippen molar-refractivity contribution in [1.82, 2.24) is 16.0 Å². The third-order valence-corrected chi connectivity index (χ3v) is 41.8. The molecule has 722 valence electrons. The number of benzene rings is 5. The van der Waals surface area contributed by atoms with Crippen LogP contribution in [-0.4, -0.2) is 90.3 Å². The molecule has 14 nitrogen and oxygen atoms in total. The minimum Gasteiger partial charge on any atom is -0.508 e. The van der Waals surface area contributed by atoms with Gasteiger partial charge in [-0.15, -0.1) is 0 Å². The highest BCUT2D eigenvalue weighted by Gasteiger charge is 2.69. The lowest BCUT2D eigenvalue weighted by atomic mass is 9.38. The third-order valence-electron chi connectivity index (χ3n) is 41.8. The lowest BCUT2D eigenvalue weighted by Crippen LogP contribution is -2.60. The highest BCUT2D eigenvalue weighted by molar-refractivity contribution is 5.89. The average Bonchev–Trinajstić information content (AvgIpc) is 0.693. The zero-order valence-corrected chi connectivity index (χ0v) is 81.5. The smallest absolute Gasteiger partial charge is 0.269 e. The van der Waals surface area contributed by atoms with E-state index in [1.807, 2.05) is 36.4 Å². The molecule has 20 bridgehead atoms. The van der Waals surface area contributed by atoms with E-state index in [0.717, 1.165) is 281 Å². The molecule has 0 spiro atoms. The zero-order valence-electron chi connectivity index (χ0n) is 81.5. The number of phenols is 1. The summed E-state index contributed by atoms with van der Waals surface area (Å²) in [6.45, 7) is 11.3. The number of ketones is 5. The van der Waals surface area contributed by atoms with Crippen LogP contribution in [0.15, 0.2) is 133 Å². The molecule has 30 rings (SSSR count). The number of nitro benzene ring substituents is 1. The van der Waals surface area contributed by atoms with E-state index in [-0.39, 0.29) is 70.6 Å². The predicted molar refractivity (Wildman–Crippen MR) is 528 cm³/mol. The Labute approximate surface area is 800 Å². The van der Waals surface area contributed by atoms with Crippen molar-refractivity contribution in [2.45, 2.75) is 368 Å². The van der Waals surface area contributed by atoms with Crippen molar-refractivity contribution in [2.75, 3.05) is 39.3 Å². The maximum Gasteiger partial charge on any atom is 0.269 e. The highest BCUT2D eigenvalue weighted by atomic mass is 19.1. The van der Waals surface area contributed by atoms with E-state index in [2.05, 4.69) is 103 Å². The van der Waals surface area contributed by atoms with Crippen LogP contribution >= 0.6 is 0 Å². The third kappa shape index (κ3) is 18.5. The van der Waals surface area contributed by atoms with E-state index in [1.165, 1.54) is 124 Å². The van der Waals surface area contributed by atoms with Crippen LogP contribution in [-0.2, 0) is 51.0 Å². The summed E-state index contributed by atoms with van der Waals surface area (Å²) in [5.74, 6) is 11.6. The van der Waals surface area contributed by atoms with Crippen molar-refractivity contribution in [3.05, 3.63) is 177 Å². The summed E-state index contributed by atoms with van der Waals surface area (Å²) in [5, 5.41) is 31.0. The van der Waals surface area contributed by atoms with Gasteiger partial charge in [-0.25, -0.2) is 4.39 Å². The highest BCUT2D eigenvalue weighted by Crippen LogP contribution is 2.75. The molecule has 3 saturated heterocycles. The molecule has 134 heavy (non-hydrogen) atoms. The second-order valence-electron chi connectivity index (χ2n) is 52.2. The minimum absolute atomic E-state index is 0.0381. The maximum absolute atomic E-state index is 13.7. The number of piperidine rings is 3. The van der Waals surface area contributed by atoms with Gasteiger partial charge in [0.25, 0.3) is 5.69 Å². The number of carbonyl (C=O) groups excluding carboxylic acids is 5. The van der Waals surface area contributed by atoms with Crippen molar-refractivity contribution < 1.29 is 38.4 Å². The van der Waals surface area contributed by atoms with Gasteiger partial charge in [0, 0.05) is 83.4 Å². The minimum atomic E-state index is -0.326. The van der Waals surface area contributed by atoms with E-state index < -0.39 is 0 Å². The van der Waals surface area contributed by atoms with Gasteiger partial charge in [0.2, 0.25) is 0 Å². The maximum atomic E-state index is 13.7. The molecule has 22 aliphatic carbocycles. The Morgan fingerprint density at radius 3 is 0.888 bits per heavy atom. The molecule has 0 aromatic heterocycles. The SMILES string of the molecule is CC12CC3CC(C(=O)CC4CCC(N)CC4)(C1)CC(c1ccccc1)(C3)C2.CC12CC3CC(C(=O)CC4CCC(N)CC4)(C1)CC(c1ccccc1)(C3)C2.O=C(CC1CCNCC1)C12CC3CC(C1)CC(c1ccc(F)cc1)(C3)C2.O=C(CC1CCNCC1)C12CC3CC(C1)CC(c1ccc(O)cc1)(C3)C2.O=C(CC1CCNCC1)C12CC3CC(C1)CC(c1ccc([N+](=O)[O-])cc1)(C3)C2. The molecule has 0 amide bonds. The first kappa shape index (κ1) is 93.7. The van der Waals surface area contributed by atoms with E-state index in [0.29, 0.717) is 111 Å². The van der Waals surface area contributed by atoms with Crippen molar-refractivity contribution in [1.29, 1.82) is 0 Å². The molecule has 22 saturated carbocycles. The Balaban J connectivity index is 0.000000101. The van der Waals surface area contributed by atoms with E-state index >= 15 is 0 Å². The molecule has 0 radical (unpaired) electrons. The van der Waals surface area contributed by atoms with E-state index in [9.17, 15) is 43.6 Å². The average molecular weight is 1820 g/mol. The molecule has 8 N–H and O–H groups in total. The molecular formula is C119H161FN6O8. The Morgan fingerprint density at radius 1 is 0.321 bits per heavy atom. The van der Waals surface area contributed by atoms with Gasteiger partial charge in [-0.05, 0) is 489 Å². The lowest BCUT2D eigenvalue weighted by Gasteiger charge is -2.66. The summed E-state index contributed by atoms with van der Waals surface area (Å²) in [6.07, 6.45) is 55.6. The van der Waals surface area contributed by atoms with E-state index in [1.54, 1.807) is 24.3 Å². The van der Waals surface area contributed by atoms with Crippen molar-refractivity contribution >= 4 is 34.6 Å². The number of halogens is 1. The molecule has 14 unspecified atom stereocenters. The molecule has 5 aromatic rings. The summed E-state index contributed by atoms with van der Waals surface area (Å²) in [6, 6.07) is 45.4. The lowest BCUT2D eigenvalue weighted by molar-refractivity contribution is -0.384. The van der Waals surface area contributed by atoms with Crippen LogP contribution in [0.25, 0.3) is 0 Å². The largest absolute Gasteiger partial charge is 0.508 e. The summed E-state index contributed by atoms with van der Waals surface area (Å²) < 4.78 is 13.5. The number of Topliss-reactive ketones (excluding diaryl/α,β-unsaturated/α-hetero) is 5. The fraction of sp³-hybridized carbons (Fsp3) is 0.706. The van der Waals surface area contributed by atoms with E-state index in [4.69, 9.17) is 11.5 Å². The Morgan fingerprint density at radius 2 is 0.582 bits per heavy atom. The van der Waals surface area contributed by atoms with Gasteiger partial charge in [-0.2, -0.15) is 0 Å². The van der Waals surface area contributed by atoms with Crippen LogP contribution in [0.2, 0.25) is 0 Å². The number of non-ortho nitro benzene ring substituents is 1. The molecule has 3 heterocycles. The number of carbonyl (C=O) groups is 5.